The number of carbonyl (C=O) groups is 4. The van der Waals surface area contributed by atoms with Crippen LogP contribution in [0.15, 0.2) is 49.6 Å². The van der Waals surface area contributed by atoms with Gasteiger partial charge in [-0.15, -0.1) is 13.2 Å². The van der Waals surface area contributed by atoms with Crippen molar-refractivity contribution in [2.45, 2.75) is 61.3 Å². The average molecular weight is 667 g/mol. The van der Waals surface area contributed by atoms with Crippen LogP contribution in [-0.4, -0.2) is 88.6 Å². The number of aliphatic hydroxyl groups is 1. The Labute approximate surface area is 259 Å². The van der Waals surface area contributed by atoms with Crippen LogP contribution in [-0.2, 0) is 28.7 Å². The molecule has 1 spiro atoms. The predicted octanol–water partition coefficient (Wildman–Crippen LogP) is 3.00. The van der Waals surface area contributed by atoms with Gasteiger partial charge in [-0.25, -0.2) is 0 Å². The second-order valence-electron chi connectivity index (χ2n) is 10.9. The molecule has 7 atom stereocenters. The topological polar surface area (TPSA) is 125 Å². The molecule has 3 amide bonds. The Morgan fingerprint density at radius 1 is 1.31 bits per heavy atom. The molecule has 3 heterocycles. The largest absolute Gasteiger partial charge is 0.460 e. The number of nitrogens with zero attached hydrogens (tertiary/aromatic N) is 2. The number of anilines is 1. The molecule has 3 fully saturated rings. The lowest BCUT2D eigenvalue weighted by Crippen LogP contribution is -2.57. The molecule has 2 bridgehead atoms. The summed E-state index contributed by atoms with van der Waals surface area (Å²) < 4.78 is 12.2. The number of ether oxygens (including phenoxy) is 2. The molecule has 228 valence electrons. The number of carbonyl (C=O) groups excluding carboxylic acids is 4. The van der Waals surface area contributed by atoms with Crippen LogP contribution in [0.3, 0.4) is 0 Å². The zero-order valence-corrected chi connectivity index (χ0v) is 25.9. The Morgan fingerprint density at radius 3 is 2.67 bits per heavy atom. The van der Waals surface area contributed by atoms with Crippen LogP contribution in [0.25, 0.3) is 0 Å². The number of rotatable bonds is 14. The van der Waals surface area contributed by atoms with E-state index >= 15 is 0 Å². The standard InChI is InChI=1S/C30H37BrClN3O7/c1-4-6-8-22(37)33-17-18(3)41-29(40)23-24-27(38)35(14-7-15-36)26(30(24)16-21(31)25(23)42-30)28(39)34(13-5-2)20-11-9-19(32)10-12-20/h4-5,9-12,18,21,23-26,36H,1-2,6-8,13-17H2,3H3,(H,33,37)/t18-,21?,23-,24+,25-,26-,30+/m1/s1. The number of allylic oxidation sites excluding steroid dienone is 1. The quantitative estimate of drug-likeness (QED) is 0.178. The molecule has 0 aromatic heterocycles. The number of halogens is 2. The molecule has 2 N–H and O–H groups in total. The molecule has 3 saturated heterocycles. The SMILES string of the molecule is C=CCCC(=O)NC[C@@H](C)OC(=O)[C@H]1[C@@H]2O[C@@]3(CC2Br)[C@@H]1C(=O)N(CCCO)[C@@H]3C(=O)N(CC=C)c1ccc(Cl)cc1. The summed E-state index contributed by atoms with van der Waals surface area (Å²) in [5, 5.41) is 12.8. The maximum absolute atomic E-state index is 14.4. The van der Waals surface area contributed by atoms with Crippen molar-refractivity contribution in [1.29, 1.82) is 0 Å². The number of fused-ring (bicyclic) bond motifs is 1. The molecule has 42 heavy (non-hydrogen) atoms. The maximum Gasteiger partial charge on any atom is 0.312 e. The lowest BCUT2D eigenvalue weighted by molar-refractivity contribution is -0.159. The minimum atomic E-state index is -1.28. The van der Waals surface area contributed by atoms with Gasteiger partial charge in [0, 0.05) is 41.7 Å². The van der Waals surface area contributed by atoms with Crippen molar-refractivity contribution in [2.75, 3.05) is 31.1 Å². The van der Waals surface area contributed by atoms with E-state index < -0.39 is 41.7 Å². The smallest absolute Gasteiger partial charge is 0.312 e. The Bertz CT molecular complexity index is 1210. The first-order chi connectivity index (χ1) is 20.1. The number of hydrogen-bond donors (Lipinski definition) is 2. The zero-order valence-electron chi connectivity index (χ0n) is 23.5. The number of alkyl halides is 1. The summed E-state index contributed by atoms with van der Waals surface area (Å²) in [6, 6.07) is 5.73. The fourth-order valence-electron chi connectivity index (χ4n) is 6.28. The van der Waals surface area contributed by atoms with E-state index in [-0.39, 0.29) is 61.6 Å². The number of likely N-dealkylation sites (tertiary alicyclic amines) is 1. The molecule has 1 aromatic rings. The third-order valence-electron chi connectivity index (χ3n) is 8.05. The van der Waals surface area contributed by atoms with Crippen molar-refractivity contribution in [3.05, 3.63) is 54.6 Å². The molecule has 12 heteroatoms. The van der Waals surface area contributed by atoms with E-state index in [1.54, 1.807) is 43.3 Å². The molecular weight excluding hydrogens is 630 g/mol. The van der Waals surface area contributed by atoms with Crippen molar-refractivity contribution in [1.82, 2.24) is 10.2 Å². The van der Waals surface area contributed by atoms with Crippen molar-refractivity contribution in [3.63, 3.8) is 0 Å². The summed E-state index contributed by atoms with van der Waals surface area (Å²) in [6.45, 7) is 9.28. The summed E-state index contributed by atoms with van der Waals surface area (Å²) in [6.07, 6.45) is 3.31. The van der Waals surface area contributed by atoms with Crippen LogP contribution in [0.1, 0.15) is 32.6 Å². The number of amides is 3. The zero-order chi connectivity index (χ0) is 30.6. The van der Waals surface area contributed by atoms with Crippen LogP contribution in [0.2, 0.25) is 5.02 Å². The van der Waals surface area contributed by atoms with Crippen molar-refractivity contribution >= 4 is 56.9 Å². The first-order valence-corrected chi connectivity index (χ1v) is 15.4. The van der Waals surface area contributed by atoms with Crippen LogP contribution >= 0.6 is 27.5 Å². The van der Waals surface area contributed by atoms with Crippen molar-refractivity contribution in [3.8, 4) is 0 Å². The normalized spacial score (nSPS) is 28.2. The molecule has 4 rings (SSSR count). The minimum absolute atomic E-state index is 0.114. The summed E-state index contributed by atoms with van der Waals surface area (Å²) in [7, 11) is 0. The maximum atomic E-state index is 14.4. The van der Waals surface area contributed by atoms with Gasteiger partial charge in [-0.05, 0) is 50.5 Å². The number of esters is 1. The summed E-state index contributed by atoms with van der Waals surface area (Å²) in [4.78, 5) is 56.7. The molecule has 3 aliphatic heterocycles. The Hall–Kier alpha value is -2.73. The fourth-order valence-corrected chi connectivity index (χ4v) is 7.35. The van der Waals surface area contributed by atoms with E-state index in [1.807, 2.05) is 0 Å². The van der Waals surface area contributed by atoms with Gasteiger partial charge < -0.3 is 29.7 Å². The van der Waals surface area contributed by atoms with E-state index in [9.17, 15) is 24.3 Å². The lowest BCUT2D eigenvalue weighted by atomic mass is 9.70. The van der Waals surface area contributed by atoms with Gasteiger partial charge in [0.05, 0.1) is 24.5 Å². The highest BCUT2D eigenvalue weighted by atomic mass is 79.9. The first-order valence-electron chi connectivity index (χ1n) is 14.1. The van der Waals surface area contributed by atoms with E-state index in [2.05, 4.69) is 34.4 Å². The van der Waals surface area contributed by atoms with Crippen molar-refractivity contribution in [2.24, 2.45) is 11.8 Å². The van der Waals surface area contributed by atoms with E-state index in [0.717, 1.165) is 0 Å². The Morgan fingerprint density at radius 2 is 2.02 bits per heavy atom. The van der Waals surface area contributed by atoms with Crippen LogP contribution < -0.4 is 10.2 Å². The van der Waals surface area contributed by atoms with Gasteiger partial charge in [-0.1, -0.05) is 39.7 Å². The van der Waals surface area contributed by atoms with Gasteiger partial charge in [0.15, 0.2) is 0 Å². The minimum Gasteiger partial charge on any atom is -0.460 e. The van der Waals surface area contributed by atoms with Gasteiger partial charge >= 0.3 is 5.97 Å². The predicted molar refractivity (Wildman–Crippen MR) is 161 cm³/mol. The lowest BCUT2D eigenvalue weighted by Gasteiger charge is -2.37. The van der Waals surface area contributed by atoms with Gasteiger partial charge in [0.1, 0.15) is 17.7 Å². The van der Waals surface area contributed by atoms with Gasteiger partial charge in [-0.3, -0.25) is 19.2 Å². The molecule has 1 unspecified atom stereocenters. The van der Waals surface area contributed by atoms with E-state index in [1.165, 1.54) is 9.80 Å². The molecular formula is C30H37BrClN3O7. The van der Waals surface area contributed by atoms with Crippen LogP contribution in [0.4, 0.5) is 5.69 Å². The van der Waals surface area contributed by atoms with E-state index in [0.29, 0.717) is 23.6 Å². The molecule has 3 aliphatic rings. The Kier molecular flexibility index (Phi) is 10.5. The summed E-state index contributed by atoms with van der Waals surface area (Å²) >= 11 is 9.72. The Balaban J connectivity index is 1.62. The number of aliphatic hydroxyl groups excluding tert-OH is 1. The fraction of sp³-hybridized carbons (Fsp3) is 0.533. The highest BCUT2D eigenvalue weighted by Crippen LogP contribution is 2.60. The second-order valence-corrected chi connectivity index (χ2v) is 12.5. The monoisotopic (exact) mass is 665 g/mol. The molecule has 10 nitrogen and oxygen atoms in total. The van der Waals surface area contributed by atoms with Gasteiger partial charge in [0.25, 0.3) is 5.91 Å². The van der Waals surface area contributed by atoms with Gasteiger partial charge in [-0.2, -0.15) is 0 Å². The third kappa shape index (κ3) is 6.15. The molecule has 0 saturated carbocycles. The van der Waals surface area contributed by atoms with Crippen LogP contribution in [0, 0.1) is 11.8 Å². The number of nitrogens with one attached hydrogen (secondary N) is 1. The molecule has 1 aromatic carbocycles. The first kappa shape index (κ1) is 32.2. The summed E-state index contributed by atoms with van der Waals surface area (Å²) in [5.41, 5.74) is -0.707. The van der Waals surface area contributed by atoms with Crippen LogP contribution in [0.5, 0.6) is 0 Å². The number of hydrogen-bond acceptors (Lipinski definition) is 7. The molecule has 0 radical (unpaired) electrons. The third-order valence-corrected chi connectivity index (χ3v) is 9.14. The second kappa shape index (κ2) is 13.7. The van der Waals surface area contributed by atoms with Gasteiger partial charge in [0.2, 0.25) is 11.8 Å². The number of benzene rings is 1. The summed E-state index contributed by atoms with van der Waals surface area (Å²) in [5.74, 6) is -3.46. The molecule has 0 aliphatic carbocycles. The van der Waals surface area contributed by atoms with Crippen molar-refractivity contribution < 1.29 is 33.8 Å². The highest BCUT2D eigenvalue weighted by Gasteiger charge is 2.77. The highest BCUT2D eigenvalue weighted by molar-refractivity contribution is 9.09. The van der Waals surface area contributed by atoms with E-state index in [4.69, 9.17) is 21.1 Å². The average Bonchev–Trinajstić information content (AvgIpc) is 3.55.